The Balaban J connectivity index is 1.48. The predicted octanol–water partition coefficient (Wildman–Crippen LogP) is 2.42. The van der Waals surface area contributed by atoms with Crippen molar-refractivity contribution in [3.63, 3.8) is 0 Å². The zero-order valence-corrected chi connectivity index (χ0v) is 19.6. The number of carbonyl (C=O) groups is 1. The smallest absolute Gasteiger partial charge is 0.330 e. The third-order valence-electron chi connectivity index (χ3n) is 5.11. The third-order valence-corrected chi connectivity index (χ3v) is 6.40. The average Bonchev–Trinajstić information content (AvgIpc) is 3.07. The fourth-order valence-corrected chi connectivity index (χ4v) is 4.55. The van der Waals surface area contributed by atoms with Crippen LogP contribution < -0.4 is 18.5 Å². The van der Waals surface area contributed by atoms with E-state index in [1.165, 1.54) is 23.1 Å². The minimum Gasteiger partial charge on any atom is -0.507 e. The molecule has 184 valence electrons. The second kappa shape index (κ2) is 9.14. The van der Waals surface area contributed by atoms with E-state index in [2.05, 4.69) is 0 Å². The number of nitrogens with zero attached hydrogens (tertiary/aromatic N) is 2. The zero-order chi connectivity index (χ0) is 25.3. The zero-order valence-electron chi connectivity index (χ0n) is 18.8. The van der Waals surface area contributed by atoms with Gasteiger partial charge in [-0.15, -0.1) is 0 Å². The molecule has 3 aromatic rings. The van der Waals surface area contributed by atoms with Gasteiger partial charge in [0.05, 0.1) is 6.20 Å². The molecule has 35 heavy (non-hydrogen) atoms. The number of carbonyl (C=O) groups excluding carboxylic acids is 1. The van der Waals surface area contributed by atoms with Gasteiger partial charge in [0.25, 0.3) is 5.91 Å². The molecule has 4 N–H and O–H groups in total. The van der Waals surface area contributed by atoms with Crippen molar-refractivity contribution in [2.24, 2.45) is 0 Å². The molecule has 0 unspecified atom stereocenters. The first kappa shape index (κ1) is 23.8. The topological polar surface area (TPSA) is 149 Å². The lowest BCUT2D eigenvalue weighted by Gasteiger charge is -2.17. The largest absolute Gasteiger partial charge is 0.507 e. The molecule has 0 aliphatic carbocycles. The van der Waals surface area contributed by atoms with E-state index in [-0.39, 0.29) is 41.7 Å². The van der Waals surface area contributed by atoms with E-state index in [0.717, 1.165) is 10.5 Å². The maximum atomic E-state index is 12.3. The van der Waals surface area contributed by atoms with Crippen molar-refractivity contribution in [2.75, 3.05) is 31.6 Å². The second-order valence-corrected chi connectivity index (χ2v) is 9.36. The van der Waals surface area contributed by atoms with Crippen molar-refractivity contribution in [1.82, 2.24) is 9.62 Å². The van der Waals surface area contributed by atoms with Crippen LogP contribution in [0, 0.1) is 0 Å². The Labute approximate surface area is 201 Å². The molecule has 1 aliphatic heterocycles. The summed E-state index contributed by atoms with van der Waals surface area (Å²) in [6.07, 6.45) is 0.949. The lowest BCUT2D eigenvalue weighted by molar-refractivity contribution is 0.0818. The standard InChI is InChI=1S/C23H23N3O8S/c1-25(2)23(30)22-18(27)4-3-5-20(22)34-9-8-33-16-7-6-14-12-19(28)17(11-15(14)10-16)26-13-21(29)24-35(26,31)32/h3-7,10-13,24,27-29H,8-9H2,1-2H3. The number of phenols is 2. The molecule has 0 aromatic heterocycles. The van der Waals surface area contributed by atoms with Gasteiger partial charge in [-0.2, -0.15) is 8.42 Å². The Kier molecular flexibility index (Phi) is 6.22. The fraction of sp³-hybridized carbons (Fsp3) is 0.174. The van der Waals surface area contributed by atoms with Gasteiger partial charge in [0.15, 0.2) is 0 Å². The molecule has 3 aromatic carbocycles. The molecular formula is C23H23N3O8S. The number of fused-ring (bicyclic) bond motifs is 1. The molecule has 0 saturated carbocycles. The van der Waals surface area contributed by atoms with E-state index in [1.54, 1.807) is 44.4 Å². The van der Waals surface area contributed by atoms with Crippen molar-refractivity contribution in [3.8, 4) is 23.0 Å². The third kappa shape index (κ3) is 4.82. The number of anilines is 1. The minimum absolute atomic E-state index is 0.0449. The number of hydrogen-bond donors (Lipinski definition) is 4. The highest BCUT2D eigenvalue weighted by molar-refractivity contribution is 7.91. The molecule has 1 amide bonds. The highest BCUT2D eigenvalue weighted by Crippen LogP contribution is 2.36. The van der Waals surface area contributed by atoms with Crippen molar-refractivity contribution < 1.29 is 38.0 Å². The summed E-state index contributed by atoms with van der Waals surface area (Å²) in [5.74, 6) is -0.754. The van der Waals surface area contributed by atoms with Gasteiger partial charge < -0.3 is 29.7 Å². The molecule has 12 heteroatoms. The van der Waals surface area contributed by atoms with Crippen LogP contribution in [0.15, 0.2) is 60.6 Å². The Morgan fingerprint density at radius 1 is 0.971 bits per heavy atom. The van der Waals surface area contributed by atoms with Crippen LogP contribution in [-0.2, 0) is 10.2 Å². The van der Waals surface area contributed by atoms with Gasteiger partial charge in [0.1, 0.15) is 47.5 Å². The maximum Gasteiger partial charge on any atom is 0.330 e. The summed E-state index contributed by atoms with van der Waals surface area (Å²) in [4.78, 5) is 13.7. The van der Waals surface area contributed by atoms with Crippen LogP contribution in [0.5, 0.6) is 23.0 Å². The molecule has 0 bridgehead atoms. The molecule has 1 heterocycles. The van der Waals surface area contributed by atoms with E-state index < -0.39 is 22.0 Å². The van der Waals surface area contributed by atoms with Gasteiger partial charge >= 0.3 is 10.2 Å². The summed E-state index contributed by atoms with van der Waals surface area (Å²) in [5, 5.41) is 31.1. The molecule has 0 radical (unpaired) electrons. The summed E-state index contributed by atoms with van der Waals surface area (Å²) in [5.41, 5.74) is 0.0125. The van der Waals surface area contributed by atoms with Gasteiger partial charge in [-0.3, -0.25) is 4.79 Å². The molecule has 0 atom stereocenters. The van der Waals surface area contributed by atoms with Crippen LogP contribution in [-0.4, -0.2) is 61.9 Å². The van der Waals surface area contributed by atoms with Crippen LogP contribution in [0.4, 0.5) is 5.69 Å². The Bertz CT molecular complexity index is 1440. The molecule has 4 rings (SSSR count). The van der Waals surface area contributed by atoms with Crippen molar-refractivity contribution in [3.05, 3.63) is 66.2 Å². The average molecular weight is 502 g/mol. The SMILES string of the molecule is CN(C)C(=O)c1c(O)cccc1OCCOc1ccc2cc(O)c(N3C=C(O)NS3(=O)=O)cc2c1. The number of ether oxygens (including phenoxy) is 2. The normalized spacial score (nSPS) is 14.3. The van der Waals surface area contributed by atoms with Crippen LogP contribution in [0.1, 0.15) is 10.4 Å². The number of nitrogens with one attached hydrogen (secondary N) is 1. The van der Waals surface area contributed by atoms with E-state index >= 15 is 0 Å². The number of aliphatic hydroxyl groups is 1. The van der Waals surface area contributed by atoms with E-state index in [9.17, 15) is 28.5 Å². The van der Waals surface area contributed by atoms with Crippen molar-refractivity contribution in [2.45, 2.75) is 0 Å². The first-order chi connectivity index (χ1) is 16.6. The lowest BCUT2D eigenvalue weighted by atomic mass is 10.1. The lowest BCUT2D eigenvalue weighted by Crippen LogP contribution is -2.29. The Morgan fingerprint density at radius 3 is 2.40 bits per heavy atom. The van der Waals surface area contributed by atoms with Gasteiger partial charge in [-0.1, -0.05) is 12.1 Å². The van der Waals surface area contributed by atoms with Gasteiger partial charge in [0, 0.05) is 14.1 Å². The minimum atomic E-state index is -4.06. The quantitative estimate of drug-likeness (QED) is 0.361. The summed E-state index contributed by atoms with van der Waals surface area (Å²) in [6.45, 7) is 0.195. The summed E-state index contributed by atoms with van der Waals surface area (Å²) in [6, 6.07) is 12.4. The van der Waals surface area contributed by atoms with Gasteiger partial charge in [0.2, 0.25) is 5.88 Å². The summed E-state index contributed by atoms with van der Waals surface area (Å²) >= 11 is 0. The van der Waals surface area contributed by atoms with Crippen molar-refractivity contribution >= 4 is 32.6 Å². The Morgan fingerprint density at radius 2 is 1.71 bits per heavy atom. The fourth-order valence-electron chi connectivity index (χ4n) is 3.49. The first-order valence-electron chi connectivity index (χ1n) is 10.4. The molecule has 0 saturated heterocycles. The number of phenolic OH excluding ortho intramolecular Hbond substituents is 2. The van der Waals surface area contributed by atoms with Crippen LogP contribution >= 0.6 is 0 Å². The van der Waals surface area contributed by atoms with E-state index in [0.29, 0.717) is 16.5 Å². The predicted molar refractivity (Wildman–Crippen MR) is 128 cm³/mol. The first-order valence-corrected chi connectivity index (χ1v) is 11.8. The number of aliphatic hydroxyl groups excluding tert-OH is 1. The summed E-state index contributed by atoms with van der Waals surface area (Å²) < 4.78 is 38.4. The number of amides is 1. The number of hydrogen-bond acceptors (Lipinski definition) is 8. The number of benzene rings is 3. The van der Waals surface area contributed by atoms with E-state index in [1.807, 2.05) is 4.72 Å². The highest BCUT2D eigenvalue weighted by atomic mass is 32.2. The highest BCUT2D eigenvalue weighted by Gasteiger charge is 2.30. The van der Waals surface area contributed by atoms with Gasteiger partial charge in [-0.25, -0.2) is 9.03 Å². The van der Waals surface area contributed by atoms with Crippen LogP contribution in [0.2, 0.25) is 0 Å². The number of rotatable bonds is 7. The number of aromatic hydroxyl groups is 2. The van der Waals surface area contributed by atoms with Gasteiger partial charge in [-0.05, 0) is 47.2 Å². The van der Waals surface area contributed by atoms with Crippen LogP contribution in [0.25, 0.3) is 10.8 Å². The second-order valence-electron chi connectivity index (χ2n) is 7.81. The summed E-state index contributed by atoms with van der Waals surface area (Å²) in [7, 11) is -0.923. The molecule has 1 aliphatic rings. The molecule has 0 spiro atoms. The monoisotopic (exact) mass is 501 g/mol. The maximum absolute atomic E-state index is 12.3. The van der Waals surface area contributed by atoms with E-state index in [4.69, 9.17) is 9.47 Å². The Hall–Kier alpha value is -4.32. The molecule has 0 fully saturated rings. The van der Waals surface area contributed by atoms with Crippen LogP contribution in [0.3, 0.4) is 0 Å². The molecular weight excluding hydrogens is 478 g/mol. The molecule has 11 nitrogen and oxygen atoms in total. The van der Waals surface area contributed by atoms with Crippen molar-refractivity contribution in [1.29, 1.82) is 0 Å².